The zero-order valence-corrected chi connectivity index (χ0v) is 9.20. The standard InChI is InChI=1S/C12H10O3S/c13-10-6-5-8-3-1-2-4-9(8)12(10)16-7-11(14)15/h1-6,13H,7H2,(H,14,15). The summed E-state index contributed by atoms with van der Waals surface area (Å²) in [7, 11) is 0. The zero-order valence-electron chi connectivity index (χ0n) is 8.38. The topological polar surface area (TPSA) is 57.5 Å². The lowest BCUT2D eigenvalue weighted by Crippen LogP contribution is -1.97. The SMILES string of the molecule is O=C(O)CSc1c(O)ccc2ccccc12. The van der Waals surface area contributed by atoms with E-state index in [2.05, 4.69) is 0 Å². The highest BCUT2D eigenvalue weighted by molar-refractivity contribution is 8.00. The Kier molecular flexibility index (Phi) is 3.01. The van der Waals surface area contributed by atoms with E-state index in [4.69, 9.17) is 5.11 Å². The third-order valence-electron chi connectivity index (χ3n) is 2.20. The molecule has 0 radical (unpaired) electrons. The lowest BCUT2D eigenvalue weighted by atomic mass is 10.1. The van der Waals surface area contributed by atoms with Crippen LogP contribution in [0.1, 0.15) is 0 Å². The van der Waals surface area contributed by atoms with Crippen LogP contribution in [0.15, 0.2) is 41.3 Å². The first kappa shape index (κ1) is 10.8. The quantitative estimate of drug-likeness (QED) is 0.802. The number of thioether (sulfide) groups is 1. The van der Waals surface area contributed by atoms with Gasteiger partial charge >= 0.3 is 5.97 Å². The van der Waals surface area contributed by atoms with Gasteiger partial charge in [-0.3, -0.25) is 4.79 Å². The van der Waals surface area contributed by atoms with Crippen LogP contribution in [0.5, 0.6) is 5.75 Å². The minimum atomic E-state index is -0.891. The summed E-state index contributed by atoms with van der Waals surface area (Å²) in [5.74, 6) is -0.816. The fourth-order valence-electron chi connectivity index (χ4n) is 1.52. The number of carboxylic acid groups (broad SMARTS) is 1. The van der Waals surface area contributed by atoms with Crippen LogP contribution in [0, 0.1) is 0 Å². The van der Waals surface area contributed by atoms with Gasteiger partial charge in [-0.2, -0.15) is 0 Å². The van der Waals surface area contributed by atoms with Crippen LogP contribution in [0.2, 0.25) is 0 Å². The molecule has 0 aromatic heterocycles. The molecular weight excluding hydrogens is 224 g/mol. The molecule has 0 saturated carbocycles. The van der Waals surface area contributed by atoms with Gasteiger partial charge in [-0.25, -0.2) is 0 Å². The fraction of sp³-hybridized carbons (Fsp3) is 0.0833. The van der Waals surface area contributed by atoms with Crippen LogP contribution < -0.4 is 0 Å². The normalized spacial score (nSPS) is 10.5. The number of hydrogen-bond acceptors (Lipinski definition) is 3. The first-order valence-electron chi connectivity index (χ1n) is 4.74. The second-order valence-electron chi connectivity index (χ2n) is 3.32. The minimum Gasteiger partial charge on any atom is -0.507 e. The maximum Gasteiger partial charge on any atom is 0.313 e. The number of aliphatic carboxylic acids is 1. The molecule has 2 N–H and O–H groups in total. The lowest BCUT2D eigenvalue weighted by Gasteiger charge is -2.07. The predicted octanol–water partition coefficient (Wildman–Crippen LogP) is 2.72. The average Bonchev–Trinajstić information content (AvgIpc) is 2.27. The Morgan fingerprint density at radius 3 is 2.69 bits per heavy atom. The van der Waals surface area contributed by atoms with Crippen LogP contribution in [0.3, 0.4) is 0 Å². The van der Waals surface area contributed by atoms with Crippen LogP contribution in [0.25, 0.3) is 10.8 Å². The molecule has 0 fully saturated rings. The monoisotopic (exact) mass is 234 g/mol. The molecule has 0 heterocycles. The number of hydrogen-bond donors (Lipinski definition) is 2. The number of carboxylic acids is 1. The summed E-state index contributed by atoms with van der Waals surface area (Å²) in [6.07, 6.45) is 0. The van der Waals surface area contributed by atoms with Crippen LogP contribution in [0.4, 0.5) is 0 Å². The van der Waals surface area contributed by atoms with E-state index in [1.54, 1.807) is 6.07 Å². The molecule has 0 aliphatic heterocycles. The van der Waals surface area contributed by atoms with Crippen molar-refractivity contribution in [3.63, 3.8) is 0 Å². The van der Waals surface area contributed by atoms with Gasteiger partial charge in [0.05, 0.1) is 10.6 Å². The molecule has 0 unspecified atom stereocenters. The summed E-state index contributed by atoms with van der Waals surface area (Å²) in [6, 6.07) is 11.0. The molecule has 0 spiro atoms. The number of benzene rings is 2. The highest BCUT2D eigenvalue weighted by Crippen LogP contribution is 2.35. The average molecular weight is 234 g/mol. The first-order chi connectivity index (χ1) is 7.68. The second kappa shape index (κ2) is 4.45. The Balaban J connectivity index is 2.48. The lowest BCUT2D eigenvalue weighted by molar-refractivity contribution is -0.133. The fourth-order valence-corrected chi connectivity index (χ4v) is 2.34. The van der Waals surface area contributed by atoms with Gasteiger partial charge in [0, 0.05) is 0 Å². The van der Waals surface area contributed by atoms with E-state index < -0.39 is 5.97 Å². The molecule has 0 saturated heterocycles. The molecule has 0 aliphatic carbocycles. The molecule has 2 aromatic rings. The van der Waals surface area contributed by atoms with Crippen molar-refractivity contribution in [1.82, 2.24) is 0 Å². The van der Waals surface area contributed by atoms with E-state index in [0.29, 0.717) is 4.90 Å². The zero-order chi connectivity index (χ0) is 11.5. The maximum atomic E-state index is 10.5. The van der Waals surface area contributed by atoms with Crippen LogP contribution in [-0.4, -0.2) is 21.9 Å². The van der Waals surface area contributed by atoms with E-state index >= 15 is 0 Å². The summed E-state index contributed by atoms with van der Waals surface area (Å²) in [5.41, 5.74) is 0. The molecule has 2 aromatic carbocycles. The minimum absolute atomic E-state index is 0.0540. The Bertz CT molecular complexity index is 537. The molecular formula is C12H10O3S. The van der Waals surface area contributed by atoms with Gasteiger partial charge in [-0.1, -0.05) is 30.3 Å². The van der Waals surface area contributed by atoms with E-state index in [1.807, 2.05) is 30.3 Å². The molecule has 2 rings (SSSR count). The molecule has 4 heteroatoms. The van der Waals surface area contributed by atoms with Gasteiger partial charge in [0.2, 0.25) is 0 Å². The summed E-state index contributed by atoms with van der Waals surface area (Å²) < 4.78 is 0. The van der Waals surface area contributed by atoms with Crippen molar-refractivity contribution in [3.05, 3.63) is 36.4 Å². The van der Waals surface area contributed by atoms with E-state index in [1.165, 1.54) is 0 Å². The molecule has 16 heavy (non-hydrogen) atoms. The largest absolute Gasteiger partial charge is 0.507 e. The van der Waals surface area contributed by atoms with Crippen molar-refractivity contribution in [2.45, 2.75) is 4.90 Å². The Hall–Kier alpha value is -1.68. The summed E-state index contributed by atoms with van der Waals surface area (Å²) in [5, 5.41) is 20.2. The van der Waals surface area contributed by atoms with Gasteiger partial charge in [0.15, 0.2) is 0 Å². The molecule has 3 nitrogen and oxygen atoms in total. The number of aromatic hydroxyl groups is 1. The number of fused-ring (bicyclic) bond motifs is 1. The van der Waals surface area contributed by atoms with E-state index in [-0.39, 0.29) is 11.5 Å². The number of carbonyl (C=O) groups is 1. The molecule has 82 valence electrons. The van der Waals surface area contributed by atoms with Crippen molar-refractivity contribution < 1.29 is 15.0 Å². The van der Waals surface area contributed by atoms with Crippen molar-refractivity contribution in [3.8, 4) is 5.75 Å². The van der Waals surface area contributed by atoms with Crippen LogP contribution >= 0.6 is 11.8 Å². The maximum absolute atomic E-state index is 10.5. The number of rotatable bonds is 3. The summed E-state index contributed by atoms with van der Waals surface area (Å²) >= 11 is 1.14. The Labute approximate surface area is 96.7 Å². The Morgan fingerprint density at radius 2 is 1.94 bits per heavy atom. The summed E-state index contributed by atoms with van der Waals surface area (Å²) in [6.45, 7) is 0. The summed E-state index contributed by atoms with van der Waals surface area (Å²) in [4.78, 5) is 11.1. The third kappa shape index (κ3) is 2.12. The van der Waals surface area contributed by atoms with Gasteiger partial charge in [-0.15, -0.1) is 11.8 Å². The smallest absolute Gasteiger partial charge is 0.313 e. The predicted molar refractivity (Wildman–Crippen MR) is 64.0 cm³/mol. The van der Waals surface area contributed by atoms with E-state index in [0.717, 1.165) is 22.5 Å². The van der Waals surface area contributed by atoms with Gasteiger partial charge in [-0.05, 0) is 16.8 Å². The molecule has 0 atom stereocenters. The first-order valence-corrected chi connectivity index (χ1v) is 5.72. The second-order valence-corrected chi connectivity index (χ2v) is 4.30. The highest BCUT2D eigenvalue weighted by Gasteiger charge is 2.08. The van der Waals surface area contributed by atoms with Gasteiger partial charge < -0.3 is 10.2 Å². The number of phenols is 1. The van der Waals surface area contributed by atoms with Crippen molar-refractivity contribution in [2.75, 3.05) is 5.75 Å². The third-order valence-corrected chi connectivity index (χ3v) is 3.31. The van der Waals surface area contributed by atoms with Crippen LogP contribution in [-0.2, 0) is 4.79 Å². The van der Waals surface area contributed by atoms with Gasteiger partial charge in [0.1, 0.15) is 5.75 Å². The highest BCUT2D eigenvalue weighted by atomic mass is 32.2. The molecule has 0 aliphatic rings. The molecule has 0 amide bonds. The van der Waals surface area contributed by atoms with Crippen molar-refractivity contribution in [1.29, 1.82) is 0 Å². The van der Waals surface area contributed by atoms with Crippen molar-refractivity contribution in [2.24, 2.45) is 0 Å². The van der Waals surface area contributed by atoms with Gasteiger partial charge in [0.25, 0.3) is 0 Å². The van der Waals surface area contributed by atoms with E-state index in [9.17, 15) is 9.90 Å². The Morgan fingerprint density at radius 1 is 1.19 bits per heavy atom. The van der Waals surface area contributed by atoms with Crippen molar-refractivity contribution >= 4 is 28.5 Å². The molecule has 0 bridgehead atoms. The number of phenolic OH excluding ortho intramolecular Hbond substituents is 1.